The molecular formula is C7H14ClNO. The van der Waals surface area contributed by atoms with Crippen LogP contribution in [-0.2, 0) is 0 Å². The Morgan fingerprint density at radius 1 is 1.40 bits per heavy atom. The minimum atomic E-state index is -0.00116. The second-order valence-electron chi connectivity index (χ2n) is 3.34. The molecule has 1 heterocycles. The van der Waals surface area contributed by atoms with Gasteiger partial charge < -0.3 is 10.4 Å². The van der Waals surface area contributed by atoms with Gasteiger partial charge in [-0.2, -0.15) is 0 Å². The number of aliphatic hydroxyl groups is 1. The van der Waals surface area contributed by atoms with Crippen LogP contribution in [-0.4, -0.2) is 24.3 Å². The zero-order chi connectivity index (χ0) is 6.32. The summed E-state index contributed by atoms with van der Waals surface area (Å²) in [5.74, 6) is 0. The van der Waals surface area contributed by atoms with Crippen molar-refractivity contribution in [2.45, 2.75) is 25.4 Å². The molecule has 1 spiro atoms. The first-order chi connectivity index (χ1) is 4.33. The van der Waals surface area contributed by atoms with Crippen molar-refractivity contribution in [3.63, 3.8) is 0 Å². The summed E-state index contributed by atoms with van der Waals surface area (Å²) >= 11 is 0. The fraction of sp³-hybridized carbons (Fsp3) is 1.00. The molecule has 2 rings (SSSR count). The maximum Gasteiger partial charge on any atom is 0.0620 e. The Kier molecular flexibility index (Phi) is 2.23. The lowest BCUT2D eigenvalue weighted by molar-refractivity contribution is 0.0644. The average Bonchev–Trinajstić information content (AvgIpc) is 2.60. The summed E-state index contributed by atoms with van der Waals surface area (Å²) in [6.45, 7) is 2.05. The fourth-order valence-corrected chi connectivity index (χ4v) is 1.67. The Morgan fingerprint density at radius 3 is 2.50 bits per heavy atom. The van der Waals surface area contributed by atoms with Gasteiger partial charge in [-0.25, -0.2) is 0 Å². The minimum Gasteiger partial charge on any atom is -0.392 e. The second kappa shape index (κ2) is 2.68. The van der Waals surface area contributed by atoms with Gasteiger partial charge in [-0.05, 0) is 25.8 Å². The summed E-state index contributed by atoms with van der Waals surface area (Å²) in [5, 5.41) is 12.8. The molecule has 2 N–H and O–H groups in total. The van der Waals surface area contributed by atoms with Crippen molar-refractivity contribution >= 4 is 12.4 Å². The molecule has 1 saturated carbocycles. The third-order valence-electron chi connectivity index (χ3n) is 2.67. The summed E-state index contributed by atoms with van der Waals surface area (Å²) in [6.07, 6.45) is 3.43. The van der Waals surface area contributed by atoms with Gasteiger partial charge in [0.1, 0.15) is 0 Å². The van der Waals surface area contributed by atoms with Gasteiger partial charge in [-0.15, -0.1) is 12.4 Å². The van der Waals surface area contributed by atoms with Gasteiger partial charge in [0, 0.05) is 12.0 Å². The molecule has 10 heavy (non-hydrogen) atoms. The topological polar surface area (TPSA) is 32.3 Å². The highest BCUT2D eigenvalue weighted by Gasteiger charge is 2.49. The summed E-state index contributed by atoms with van der Waals surface area (Å²) in [5.41, 5.74) is 0.332. The Bertz CT molecular complexity index is 125. The number of rotatable bonds is 0. The summed E-state index contributed by atoms with van der Waals surface area (Å²) in [6, 6.07) is 0. The van der Waals surface area contributed by atoms with E-state index in [0.29, 0.717) is 5.41 Å². The van der Waals surface area contributed by atoms with Crippen molar-refractivity contribution in [1.29, 1.82) is 0 Å². The number of piperidine rings is 1. The van der Waals surface area contributed by atoms with Crippen LogP contribution in [0.2, 0.25) is 0 Å². The van der Waals surface area contributed by atoms with Gasteiger partial charge >= 0.3 is 0 Å². The quantitative estimate of drug-likeness (QED) is 0.547. The first kappa shape index (κ1) is 8.31. The lowest BCUT2D eigenvalue weighted by Gasteiger charge is -2.27. The van der Waals surface area contributed by atoms with Crippen molar-refractivity contribution in [1.82, 2.24) is 5.32 Å². The van der Waals surface area contributed by atoms with Crippen LogP contribution in [0.1, 0.15) is 19.3 Å². The van der Waals surface area contributed by atoms with E-state index >= 15 is 0 Å². The van der Waals surface area contributed by atoms with Crippen LogP contribution in [0.15, 0.2) is 0 Å². The summed E-state index contributed by atoms with van der Waals surface area (Å²) in [4.78, 5) is 0. The predicted molar refractivity (Wildman–Crippen MR) is 42.4 cm³/mol. The molecule has 0 amide bonds. The molecule has 2 fully saturated rings. The smallest absolute Gasteiger partial charge is 0.0620 e. The van der Waals surface area contributed by atoms with E-state index in [-0.39, 0.29) is 18.5 Å². The van der Waals surface area contributed by atoms with Gasteiger partial charge in [0.05, 0.1) is 6.10 Å². The number of aliphatic hydroxyl groups excluding tert-OH is 1. The maximum absolute atomic E-state index is 9.46. The first-order valence-electron chi connectivity index (χ1n) is 3.72. The average molecular weight is 164 g/mol. The molecule has 0 aromatic heterocycles. The largest absolute Gasteiger partial charge is 0.392 e. The molecule has 3 heteroatoms. The standard InChI is InChI=1S/C7H13NO.ClH/c9-6-1-4-8-5-7(6)2-3-7;/h6,8-9H,1-5H2;1H. The third kappa shape index (κ3) is 1.16. The van der Waals surface area contributed by atoms with Gasteiger partial charge in [0.25, 0.3) is 0 Å². The van der Waals surface area contributed by atoms with Crippen LogP contribution in [0.25, 0.3) is 0 Å². The highest BCUT2D eigenvalue weighted by molar-refractivity contribution is 5.85. The highest BCUT2D eigenvalue weighted by atomic mass is 35.5. The van der Waals surface area contributed by atoms with Gasteiger partial charge in [0.2, 0.25) is 0 Å². The van der Waals surface area contributed by atoms with Crippen molar-refractivity contribution < 1.29 is 5.11 Å². The molecule has 0 bridgehead atoms. The van der Waals surface area contributed by atoms with Gasteiger partial charge in [0.15, 0.2) is 0 Å². The van der Waals surface area contributed by atoms with Crippen molar-refractivity contribution in [2.24, 2.45) is 5.41 Å². The summed E-state index contributed by atoms with van der Waals surface area (Å²) < 4.78 is 0. The Balaban J connectivity index is 0.000000500. The van der Waals surface area contributed by atoms with Gasteiger partial charge in [-0.3, -0.25) is 0 Å². The maximum atomic E-state index is 9.46. The monoisotopic (exact) mass is 163 g/mol. The van der Waals surface area contributed by atoms with E-state index in [1.165, 1.54) is 12.8 Å². The van der Waals surface area contributed by atoms with Crippen molar-refractivity contribution in [2.75, 3.05) is 13.1 Å². The van der Waals surface area contributed by atoms with Crippen LogP contribution in [0.4, 0.5) is 0 Å². The molecule has 0 radical (unpaired) electrons. The minimum absolute atomic E-state index is 0. The predicted octanol–water partition coefficient (Wildman–Crippen LogP) is 0.543. The number of hydrogen-bond acceptors (Lipinski definition) is 2. The fourth-order valence-electron chi connectivity index (χ4n) is 1.67. The van der Waals surface area contributed by atoms with Crippen LogP contribution in [0.3, 0.4) is 0 Å². The van der Waals surface area contributed by atoms with E-state index in [2.05, 4.69) is 5.32 Å². The Labute approximate surface area is 67.4 Å². The normalized spacial score (nSPS) is 35.1. The van der Waals surface area contributed by atoms with Crippen molar-refractivity contribution in [3.05, 3.63) is 0 Å². The molecular weight excluding hydrogens is 150 g/mol. The molecule has 2 nitrogen and oxygen atoms in total. The number of hydrogen-bond donors (Lipinski definition) is 2. The third-order valence-corrected chi connectivity index (χ3v) is 2.67. The zero-order valence-electron chi connectivity index (χ0n) is 5.97. The first-order valence-corrected chi connectivity index (χ1v) is 3.72. The lowest BCUT2D eigenvalue weighted by atomic mass is 9.93. The molecule has 1 aliphatic heterocycles. The molecule has 60 valence electrons. The van der Waals surface area contributed by atoms with E-state index in [0.717, 1.165) is 19.5 Å². The molecule has 2 aliphatic rings. The molecule has 1 unspecified atom stereocenters. The Hall–Kier alpha value is 0.210. The number of nitrogens with one attached hydrogen (secondary N) is 1. The van der Waals surface area contributed by atoms with Crippen LogP contribution in [0, 0.1) is 5.41 Å². The molecule has 1 aliphatic carbocycles. The molecule has 1 saturated heterocycles. The lowest BCUT2D eigenvalue weighted by Crippen LogP contribution is -2.41. The zero-order valence-corrected chi connectivity index (χ0v) is 6.78. The SMILES string of the molecule is Cl.OC1CCNCC12CC2. The molecule has 1 atom stereocenters. The summed E-state index contributed by atoms with van der Waals surface area (Å²) in [7, 11) is 0. The Morgan fingerprint density at radius 2 is 2.10 bits per heavy atom. The van der Waals surface area contributed by atoms with E-state index in [1.807, 2.05) is 0 Å². The second-order valence-corrected chi connectivity index (χ2v) is 3.34. The van der Waals surface area contributed by atoms with E-state index in [9.17, 15) is 5.11 Å². The van der Waals surface area contributed by atoms with E-state index in [1.54, 1.807) is 0 Å². The molecule has 0 aromatic rings. The van der Waals surface area contributed by atoms with Crippen molar-refractivity contribution in [3.8, 4) is 0 Å². The molecule has 0 aromatic carbocycles. The van der Waals surface area contributed by atoms with Crippen LogP contribution in [0.5, 0.6) is 0 Å². The van der Waals surface area contributed by atoms with Crippen LogP contribution >= 0.6 is 12.4 Å². The van der Waals surface area contributed by atoms with Crippen LogP contribution < -0.4 is 5.32 Å². The van der Waals surface area contributed by atoms with E-state index in [4.69, 9.17) is 0 Å². The van der Waals surface area contributed by atoms with Gasteiger partial charge in [-0.1, -0.05) is 0 Å². The highest BCUT2D eigenvalue weighted by Crippen LogP contribution is 2.50. The number of halogens is 1. The van der Waals surface area contributed by atoms with E-state index < -0.39 is 0 Å².